The number of rotatable bonds is 12. The molecule has 0 aliphatic carbocycles. The molecule has 5 heteroatoms. The van der Waals surface area contributed by atoms with Gasteiger partial charge in [-0.1, -0.05) is 103 Å². The molecule has 0 spiro atoms. The second-order valence-corrected chi connectivity index (χ2v) is 13.8. The van der Waals surface area contributed by atoms with E-state index in [9.17, 15) is 0 Å². The molecule has 0 saturated carbocycles. The molecule has 2 rings (SSSR count). The zero-order valence-corrected chi connectivity index (χ0v) is 25.9. The number of hydrogen-bond acceptors (Lipinski definition) is 0. The third-order valence-corrected chi connectivity index (χ3v) is 9.94. The summed E-state index contributed by atoms with van der Waals surface area (Å²) in [6, 6.07) is 12.5. The van der Waals surface area contributed by atoms with E-state index in [0.717, 1.165) is 0 Å². The Kier molecular flexibility index (Phi) is 21.5. The predicted octanol–water partition coefficient (Wildman–Crippen LogP) is -1.90. The number of halogens is 3. The number of aryl methyl sites for hydroxylation is 4. The molecule has 0 aliphatic rings. The van der Waals surface area contributed by atoms with Crippen molar-refractivity contribution in [3.8, 4) is 0 Å². The summed E-state index contributed by atoms with van der Waals surface area (Å²) >= 11 is 0. The van der Waals surface area contributed by atoms with E-state index in [-0.39, 0.29) is 58.9 Å². The van der Waals surface area contributed by atoms with E-state index < -0.39 is 8.07 Å². The van der Waals surface area contributed by atoms with Gasteiger partial charge in [0.05, 0.1) is 8.07 Å². The first-order chi connectivity index (χ1) is 13.4. The predicted molar refractivity (Wildman–Crippen MR) is 130 cm³/mol. The monoisotopic (exact) mass is 548 g/mol. The summed E-state index contributed by atoms with van der Waals surface area (Å²) in [7, 11) is -1.65. The standard InChI is InChI=1S/C27H43Si.3ClH.Ti/c1-7-9-11-13-15-24-19-25(16-14-12-10-8-2)21-26(20-24)28(5,6)27-18-22(3)17-23(27)4;;;;/h17-21H,7-16H2,1-6H3;3*1H;/q-1;;;;+4/p-3. The zero-order chi connectivity index (χ0) is 20.6. The normalized spacial score (nSPS) is 10.4. The molecule has 0 atom stereocenters. The molecule has 0 bridgehead atoms. The van der Waals surface area contributed by atoms with Gasteiger partial charge in [-0.25, -0.2) is 11.6 Å². The minimum absolute atomic E-state index is 0. The molecule has 0 heterocycles. The average Bonchev–Trinajstić information content (AvgIpc) is 3.01. The van der Waals surface area contributed by atoms with Crippen LogP contribution in [0.3, 0.4) is 0 Å². The van der Waals surface area contributed by atoms with Crippen molar-refractivity contribution < 1.29 is 58.9 Å². The van der Waals surface area contributed by atoms with Crippen molar-refractivity contribution in [3.63, 3.8) is 0 Å². The molecule has 0 fully saturated rings. The Morgan fingerprint density at radius 2 is 1.16 bits per heavy atom. The third-order valence-electron chi connectivity index (χ3n) is 6.33. The van der Waals surface area contributed by atoms with Gasteiger partial charge in [-0.05, 0) is 36.8 Å². The van der Waals surface area contributed by atoms with E-state index in [1.54, 1.807) is 21.5 Å². The van der Waals surface area contributed by atoms with E-state index >= 15 is 0 Å². The van der Waals surface area contributed by atoms with Gasteiger partial charge in [0.25, 0.3) is 0 Å². The van der Waals surface area contributed by atoms with Crippen molar-refractivity contribution in [1.82, 2.24) is 0 Å². The average molecular weight is 550 g/mol. The summed E-state index contributed by atoms with van der Waals surface area (Å²) in [5, 5.41) is 3.27. The first-order valence-electron chi connectivity index (χ1n) is 11.8. The van der Waals surface area contributed by atoms with Crippen LogP contribution in [0, 0.1) is 13.8 Å². The topological polar surface area (TPSA) is 0 Å². The summed E-state index contributed by atoms with van der Waals surface area (Å²) in [4.78, 5) is 0. The molecule has 0 unspecified atom stereocenters. The first-order valence-corrected chi connectivity index (χ1v) is 14.8. The maximum Gasteiger partial charge on any atom is 4.00 e. The van der Waals surface area contributed by atoms with Crippen LogP contribution in [0.25, 0.3) is 0 Å². The summed E-state index contributed by atoms with van der Waals surface area (Å²) < 4.78 is 0. The summed E-state index contributed by atoms with van der Waals surface area (Å²) in [5.41, 5.74) is 6.08. The van der Waals surface area contributed by atoms with Crippen LogP contribution in [0.15, 0.2) is 30.3 Å². The molecule has 0 aromatic heterocycles. The van der Waals surface area contributed by atoms with E-state index in [2.05, 4.69) is 71.1 Å². The van der Waals surface area contributed by atoms with Crippen LogP contribution in [-0.2, 0) is 34.6 Å². The fraction of sp³-hybridized carbons (Fsp3) is 0.593. The van der Waals surface area contributed by atoms with E-state index in [1.807, 2.05) is 0 Å². The van der Waals surface area contributed by atoms with Gasteiger partial charge in [-0.2, -0.15) is 16.8 Å². The molecular formula is C27H43Cl3SiTi. The number of hydrogen-bond donors (Lipinski definition) is 0. The summed E-state index contributed by atoms with van der Waals surface area (Å²) in [5.74, 6) is 0. The molecule has 180 valence electrons. The van der Waals surface area contributed by atoms with Crippen molar-refractivity contribution in [2.75, 3.05) is 0 Å². The van der Waals surface area contributed by atoms with Gasteiger partial charge in [0.15, 0.2) is 0 Å². The zero-order valence-electron chi connectivity index (χ0n) is 21.1. The molecule has 2 aromatic carbocycles. The number of unbranched alkanes of at least 4 members (excludes halogenated alkanes) is 6. The van der Waals surface area contributed by atoms with Gasteiger partial charge in [0.2, 0.25) is 0 Å². The van der Waals surface area contributed by atoms with Crippen LogP contribution in [0.1, 0.15) is 87.5 Å². The minimum atomic E-state index is -1.65. The summed E-state index contributed by atoms with van der Waals surface area (Å²) in [6.45, 7) is 14.2. The van der Waals surface area contributed by atoms with E-state index in [1.165, 1.54) is 75.3 Å². The Bertz CT molecular complexity index is 710. The van der Waals surface area contributed by atoms with Gasteiger partial charge in [-0.15, -0.1) is 0 Å². The van der Waals surface area contributed by atoms with Crippen molar-refractivity contribution in [3.05, 3.63) is 52.6 Å². The van der Waals surface area contributed by atoms with Crippen molar-refractivity contribution >= 4 is 18.4 Å². The Morgan fingerprint density at radius 3 is 1.53 bits per heavy atom. The second kappa shape index (κ2) is 18.7. The van der Waals surface area contributed by atoms with Crippen LogP contribution < -0.4 is 47.6 Å². The van der Waals surface area contributed by atoms with Crippen molar-refractivity contribution in [1.29, 1.82) is 0 Å². The molecule has 0 radical (unpaired) electrons. The van der Waals surface area contributed by atoms with Crippen LogP contribution >= 0.6 is 0 Å². The fourth-order valence-electron chi connectivity index (χ4n) is 4.56. The smallest absolute Gasteiger partial charge is 1.00 e. The Morgan fingerprint density at radius 1 is 0.688 bits per heavy atom. The maximum absolute atomic E-state index is 2.56. The molecular weight excluding hydrogens is 507 g/mol. The van der Waals surface area contributed by atoms with Crippen LogP contribution in [-0.4, -0.2) is 8.07 Å². The molecule has 0 N–H and O–H groups in total. The van der Waals surface area contributed by atoms with Gasteiger partial charge in [0, 0.05) is 0 Å². The van der Waals surface area contributed by atoms with Gasteiger partial charge >= 0.3 is 21.7 Å². The van der Waals surface area contributed by atoms with Gasteiger partial charge in [0.1, 0.15) is 0 Å². The Balaban J connectivity index is -0.00000210. The first kappa shape index (κ1) is 36.9. The van der Waals surface area contributed by atoms with Gasteiger partial charge < -0.3 is 37.2 Å². The number of benzene rings is 1. The van der Waals surface area contributed by atoms with Gasteiger partial charge in [-0.3, -0.25) is 0 Å². The Hall–Kier alpha value is 0.371. The fourth-order valence-corrected chi connectivity index (χ4v) is 7.61. The minimum Gasteiger partial charge on any atom is -1.00 e. The maximum atomic E-state index is 2.56. The van der Waals surface area contributed by atoms with Crippen molar-refractivity contribution in [2.24, 2.45) is 0 Å². The second-order valence-electron chi connectivity index (χ2n) is 9.41. The molecule has 32 heavy (non-hydrogen) atoms. The SMILES string of the molecule is CCCCCCc1cc(CCCCCC)cc([Si](C)(C)[c-]2cc(C)cc2C)c1.[Cl-].[Cl-].[Cl-].[Ti+4]. The van der Waals surface area contributed by atoms with E-state index in [4.69, 9.17) is 0 Å². The molecule has 0 saturated heterocycles. The molecule has 2 aromatic rings. The largest absolute Gasteiger partial charge is 4.00 e. The van der Waals surface area contributed by atoms with E-state index in [0.29, 0.717) is 0 Å². The van der Waals surface area contributed by atoms with Crippen LogP contribution in [0.5, 0.6) is 0 Å². The quantitative estimate of drug-likeness (QED) is 0.165. The van der Waals surface area contributed by atoms with Crippen molar-refractivity contribution in [2.45, 2.75) is 105 Å². The molecule has 0 aliphatic heterocycles. The third kappa shape index (κ3) is 11.2. The van der Waals surface area contributed by atoms with Crippen LogP contribution in [0.4, 0.5) is 0 Å². The molecule has 0 nitrogen and oxygen atoms in total. The van der Waals surface area contributed by atoms with Crippen LogP contribution in [0.2, 0.25) is 13.1 Å². The molecule has 0 amide bonds. The Labute approximate surface area is 233 Å². The summed E-state index contributed by atoms with van der Waals surface area (Å²) in [6.07, 6.45) is 13.3.